The number of rotatable bonds is 6. The van der Waals surface area contributed by atoms with Crippen LogP contribution < -0.4 is 21.2 Å². The number of hydrazine groups is 1. The molecule has 0 saturated carbocycles. The van der Waals surface area contributed by atoms with E-state index in [2.05, 4.69) is 20.7 Å². The largest absolute Gasteiger partial charge is 0.457 e. The zero-order valence-corrected chi connectivity index (χ0v) is 14.1. The highest BCUT2D eigenvalue weighted by Crippen LogP contribution is 2.28. The van der Waals surface area contributed by atoms with Crippen molar-refractivity contribution in [2.75, 3.05) is 30.6 Å². The van der Waals surface area contributed by atoms with E-state index in [-0.39, 0.29) is 0 Å². The zero-order valence-electron chi connectivity index (χ0n) is 14.1. The van der Waals surface area contributed by atoms with Gasteiger partial charge in [-0.3, -0.25) is 0 Å². The predicted octanol–water partition coefficient (Wildman–Crippen LogP) is 3.48. The molecule has 0 saturated heterocycles. The molecule has 0 unspecified atom stereocenters. The molecule has 0 aliphatic heterocycles. The Hall–Kier alpha value is -3.32. The van der Waals surface area contributed by atoms with Crippen molar-refractivity contribution in [2.45, 2.75) is 0 Å². The number of anilines is 4. The van der Waals surface area contributed by atoms with Crippen molar-refractivity contribution in [3.8, 4) is 11.5 Å². The van der Waals surface area contributed by atoms with Gasteiger partial charge in [0.25, 0.3) is 0 Å². The quantitative estimate of drug-likeness (QED) is 0.594. The molecule has 0 aliphatic carbocycles. The van der Waals surface area contributed by atoms with Crippen molar-refractivity contribution >= 4 is 23.0 Å². The number of nitrogen functional groups attached to an aromatic ring is 1. The number of nitrogens with one attached hydrogen (secondary N) is 2. The summed E-state index contributed by atoms with van der Waals surface area (Å²) in [6.45, 7) is 0. The van der Waals surface area contributed by atoms with Crippen molar-refractivity contribution < 1.29 is 4.74 Å². The minimum absolute atomic E-state index is 0.445. The molecule has 128 valence electrons. The van der Waals surface area contributed by atoms with Crippen LogP contribution >= 0.6 is 0 Å². The number of hydrogen-bond acceptors (Lipinski definition) is 7. The second-order valence-electron chi connectivity index (χ2n) is 5.56. The van der Waals surface area contributed by atoms with Crippen LogP contribution in [0.2, 0.25) is 0 Å². The molecule has 0 fully saturated rings. The van der Waals surface area contributed by atoms with E-state index < -0.39 is 0 Å². The SMILES string of the molecule is CN(C)Nc1ncnc(Nc2ccc(Oc3ccccc3)cc2)c1N. The average Bonchev–Trinajstić information content (AvgIpc) is 2.61. The predicted molar refractivity (Wildman–Crippen MR) is 100.0 cm³/mol. The summed E-state index contributed by atoms with van der Waals surface area (Å²) in [6, 6.07) is 17.2. The van der Waals surface area contributed by atoms with E-state index in [4.69, 9.17) is 10.5 Å². The highest BCUT2D eigenvalue weighted by molar-refractivity contribution is 5.77. The third-order valence-corrected chi connectivity index (χ3v) is 3.31. The molecule has 0 amide bonds. The van der Waals surface area contributed by atoms with E-state index in [0.717, 1.165) is 17.2 Å². The molecule has 7 nitrogen and oxygen atoms in total. The van der Waals surface area contributed by atoms with Crippen LogP contribution in [0.5, 0.6) is 11.5 Å². The molecule has 0 atom stereocenters. The van der Waals surface area contributed by atoms with Crippen molar-refractivity contribution in [3.05, 3.63) is 60.9 Å². The van der Waals surface area contributed by atoms with E-state index >= 15 is 0 Å². The maximum Gasteiger partial charge on any atom is 0.169 e. The number of aromatic nitrogens is 2. The van der Waals surface area contributed by atoms with E-state index in [1.54, 1.807) is 5.01 Å². The van der Waals surface area contributed by atoms with Crippen molar-refractivity contribution in [2.24, 2.45) is 0 Å². The fourth-order valence-corrected chi connectivity index (χ4v) is 2.16. The molecular formula is C18H20N6O. The van der Waals surface area contributed by atoms with Gasteiger partial charge in [0.05, 0.1) is 0 Å². The van der Waals surface area contributed by atoms with Gasteiger partial charge in [-0.05, 0) is 36.4 Å². The smallest absolute Gasteiger partial charge is 0.169 e. The number of benzene rings is 2. The molecule has 3 aromatic rings. The van der Waals surface area contributed by atoms with Crippen LogP contribution in [0.4, 0.5) is 23.0 Å². The topological polar surface area (TPSA) is 88.3 Å². The molecule has 3 rings (SSSR count). The Labute approximate surface area is 146 Å². The summed E-state index contributed by atoms with van der Waals surface area (Å²) in [5.74, 6) is 2.63. The minimum Gasteiger partial charge on any atom is -0.457 e. The van der Waals surface area contributed by atoms with E-state index in [1.807, 2.05) is 68.7 Å². The first kappa shape index (κ1) is 16.5. The second-order valence-corrected chi connectivity index (χ2v) is 5.56. The van der Waals surface area contributed by atoms with Crippen molar-refractivity contribution in [1.82, 2.24) is 15.0 Å². The summed E-state index contributed by atoms with van der Waals surface area (Å²) in [7, 11) is 3.72. The lowest BCUT2D eigenvalue weighted by atomic mass is 10.3. The van der Waals surface area contributed by atoms with Gasteiger partial charge in [-0.15, -0.1) is 0 Å². The van der Waals surface area contributed by atoms with Gasteiger partial charge in [0, 0.05) is 19.8 Å². The summed E-state index contributed by atoms with van der Waals surface area (Å²) >= 11 is 0. The monoisotopic (exact) mass is 336 g/mol. The lowest BCUT2D eigenvalue weighted by Gasteiger charge is -2.16. The third kappa shape index (κ3) is 4.36. The summed E-state index contributed by atoms with van der Waals surface area (Å²) < 4.78 is 5.78. The van der Waals surface area contributed by atoms with E-state index in [0.29, 0.717) is 17.3 Å². The number of para-hydroxylation sites is 1. The van der Waals surface area contributed by atoms with Crippen LogP contribution in [0.25, 0.3) is 0 Å². The third-order valence-electron chi connectivity index (χ3n) is 3.31. The van der Waals surface area contributed by atoms with Crippen LogP contribution in [0.3, 0.4) is 0 Å². The summed E-state index contributed by atoms with van der Waals surface area (Å²) in [4.78, 5) is 8.33. The first-order valence-corrected chi connectivity index (χ1v) is 7.76. The number of nitrogens with zero attached hydrogens (tertiary/aromatic N) is 3. The Balaban J connectivity index is 1.71. The second kappa shape index (κ2) is 7.50. The highest BCUT2D eigenvalue weighted by Gasteiger charge is 2.09. The van der Waals surface area contributed by atoms with Crippen LogP contribution in [0.15, 0.2) is 60.9 Å². The van der Waals surface area contributed by atoms with Gasteiger partial charge >= 0.3 is 0 Å². The maximum absolute atomic E-state index is 6.11. The Morgan fingerprint density at radius 3 is 2.20 bits per heavy atom. The van der Waals surface area contributed by atoms with Gasteiger partial charge < -0.3 is 21.2 Å². The normalized spacial score (nSPS) is 10.5. The fourth-order valence-electron chi connectivity index (χ4n) is 2.16. The van der Waals surface area contributed by atoms with Gasteiger partial charge in [0.2, 0.25) is 0 Å². The van der Waals surface area contributed by atoms with Crippen molar-refractivity contribution in [3.63, 3.8) is 0 Å². The van der Waals surface area contributed by atoms with Crippen LogP contribution in [0.1, 0.15) is 0 Å². The average molecular weight is 336 g/mol. The minimum atomic E-state index is 0.445. The molecule has 1 aromatic heterocycles. The lowest BCUT2D eigenvalue weighted by Crippen LogP contribution is -2.21. The van der Waals surface area contributed by atoms with E-state index in [1.165, 1.54) is 6.33 Å². The van der Waals surface area contributed by atoms with Gasteiger partial charge in [-0.25, -0.2) is 15.0 Å². The highest BCUT2D eigenvalue weighted by atomic mass is 16.5. The van der Waals surface area contributed by atoms with Crippen LogP contribution in [-0.2, 0) is 0 Å². The first-order chi connectivity index (χ1) is 12.1. The molecule has 0 spiro atoms. The van der Waals surface area contributed by atoms with Crippen molar-refractivity contribution in [1.29, 1.82) is 0 Å². The van der Waals surface area contributed by atoms with Gasteiger partial charge in [0.1, 0.15) is 23.5 Å². The van der Waals surface area contributed by atoms with Crippen LogP contribution in [-0.4, -0.2) is 29.1 Å². The van der Waals surface area contributed by atoms with Crippen LogP contribution in [0, 0.1) is 0 Å². The zero-order chi connectivity index (χ0) is 17.6. The molecule has 1 heterocycles. The Morgan fingerprint density at radius 1 is 0.880 bits per heavy atom. The summed E-state index contributed by atoms with van der Waals surface area (Å²) in [5, 5.41) is 4.95. The number of hydrogen-bond donors (Lipinski definition) is 3. The number of ether oxygens (including phenoxy) is 1. The molecule has 2 aromatic carbocycles. The molecule has 25 heavy (non-hydrogen) atoms. The maximum atomic E-state index is 6.11. The summed E-state index contributed by atoms with van der Waals surface area (Å²) in [5.41, 5.74) is 10.4. The Kier molecular flexibility index (Phi) is 4.96. The lowest BCUT2D eigenvalue weighted by molar-refractivity contribution is 0.483. The Bertz CT molecular complexity index is 821. The molecule has 7 heteroatoms. The molecule has 0 bridgehead atoms. The molecular weight excluding hydrogens is 316 g/mol. The van der Waals surface area contributed by atoms with E-state index in [9.17, 15) is 0 Å². The van der Waals surface area contributed by atoms with Gasteiger partial charge in [-0.1, -0.05) is 18.2 Å². The van der Waals surface area contributed by atoms with Gasteiger partial charge in [0.15, 0.2) is 11.6 Å². The fraction of sp³-hybridized carbons (Fsp3) is 0.111. The van der Waals surface area contributed by atoms with Gasteiger partial charge in [-0.2, -0.15) is 0 Å². The summed E-state index contributed by atoms with van der Waals surface area (Å²) in [6.07, 6.45) is 1.46. The number of nitrogens with two attached hydrogens (primary N) is 1. The molecule has 0 radical (unpaired) electrons. The standard InChI is InChI=1S/C18H20N6O/c1-24(2)23-18-16(19)17(20-12-21-18)22-13-8-10-15(11-9-13)25-14-6-4-3-5-7-14/h3-12H,19H2,1-2H3,(H2,20,21,22,23). The molecule has 4 N–H and O–H groups in total. The molecule has 0 aliphatic rings. The first-order valence-electron chi connectivity index (χ1n) is 7.76. The Morgan fingerprint density at radius 2 is 1.52 bits per heavy atom.